The highest BCUT2D eigenvalue weighted by Crippen LogP contribution is 2.23. The first kappa shape index (κ1) is 15.0. The molecule has 0 spiro atoms. The van der Waals surface area contributed by atoms with Gasteiger partial charge in [0.2, 0.25) is 0 Å². The standard InChI is InChI=1S/C16H27NSi/c1-6-18(7-2,8-3)14-13-15-9-11-16(12-10-15)17(4)5/h9-14H,6-8H2,1-5H3/b14-13-. The highest BCUT2D eigenvalue weighted by molar-refractivity contribution is 6.84. The summed E-state index contributed by atoms with van der Waals surface area (Å²) >= 11 is 0. The highest BCUT2D eigenvalue weighted by Gasteiger charge is 2.22. The second-order valence-corrected chi connectivity index (χ2v) is 10.4. The summed E-state index contributed by atoms with van der Waals surface area (Å²) in [6.45, 7) is 7.04. The van der Waals surface area contributed by atoms with E-state index in [-0.39, 0.29) is 0 Å². The number of benzene rings is 1. The molecule has 0 saturated carbocycles. The fraction of sp³-hybridized carbons (Fsp3) is 0.500. The average Bonchev–Trinajstić information content (AvgIpc) is 2.41. The van der Waals surface area contributed by atoms with Crippen molar-refractivity contribution in [3.05, 3.63) is 35.5 Å². The predicted molar refractivity (Wildman–Crippen MR) is 87.0 cm³/mol. The lowest BCUT2D eigenvalue weighted by Gasteiger charge is -2.23. The zero-order valence-electron chi connectivity index (χ0n) is 12.5. The smallest absolute Gasteiger partial charge is 0.0770 e. The number of anilines is 1. The third kappa shape index (κ3) is 3.74. The Bertz CT molecular complexity index is 366. The highest BCUT2D eigenvalue weighted by atomic mass is 28.3. The van der Waals surface area contributed by atoms with E-state index in [2.05, 4.69) is 75.8 Å². The van der Waals surface area contributed by atoms with E-state index < -0.39 is 8.07 Å². The van der Waals surface area contributed by atoms with E-state index in [1.807, 2.05) is 0 Å². The molecule has 0 aliphatic carbocycles. The lowest BCUT2D eigenvalue weighted by Crippen LogP contribution is -2.28. The molecule has 0 heterocycles. The Hall–Kier alpha value is -1.02. The summed E-state index contributed by atoms with van der Waals surface area (Å²) in [5.74, 6) is 0. The third-order valence-corrected chi connectivity index (χ3v) is 9.25. The van der Waals surface area contributed by atoms with E-state index in [1.165, 1.54) is 29.4 Å². The van der Waals surface area contributed by atoms with Crippen LogP contribution in [0, 0.1) is 0 Å². The first-order valence-electron chi connectivity index (χ1n) is 7.03. The van der Waals surface area contributed by atoms with E-state index in [9.17, 15) is 0 Å². The Morgan fingerprint density at radius 3 is 1.83 bits per heavy atom. The van der Waals surface area contributed by atoms with Gasteiger partial charge >= 0.3 is 0 Å². The zero-order chi connectivity index (χ0) is 13.6. The molecule has 0 aliphatic heterocycles. The maximum absolute atomic E-state index is 2.54. The van der Waals surface area contributed by atoms with E-state index in [4.69, 9.17) is 0 Å². The van der Waals surface area contributed by atoms with Crippen LogP contribution in [0.1, 0.15) is 26.3 Å². The number of nitrogens with zero attached hydrogens (tertiary/aromatic N) is 1. The molecule has 0 aliphatic rings. The van der Waals surface area contributed by atoms with E-state index in [0.29, 0.717) is 0 Å². The quantitative estimate of drug-likeness (QED) is 0.664. The molecule has 0 amide bonds. The minimum Gasteiger partial charge on any atom is -0.378 e. The normalized spacial score (nSPS) is 12.1. The second-order valence-electron chi connectivity index (χ2n) is 5.24. The topological polar surface area (TPSA) is 3.24 Å². The summed E-state index contributed by atoms with van der Waals surface area (Å²) in [5.41, 5.74) is 5.13. The van der Waals surface area contributed by atoms with Crippen LogP contribution in [0.3, 0.4) is 0 Å². The van der Waals surface area contributed by atoms with Crippen LogP contribution in [0.4, 0.5) is 5.69 Å². The molecule has 0 fully saturated rings. The van der Waals surface area contributed by atoms with Crippen molar-refractivity contribution < 1.29 is 0 Å². The minimum absolute atomic E-state index is 1.13. The van der Waals surface area contributed by atoms with Gasteiger partial charge in [-0.1, -0.05) is 62.8 Å². The molecule has 0 saturated heterocycles. The van der Waals surface area contributed by atoms with Crippen molar-refractivity contribution >= 4 is 19.8 Å². The molecule has 1 rings (SSSR count). The van der Waals surface area contributed by atoms with Gasteiger partial charge in [-0.05, 0) is 17.7 Å². The summed E-state index contributed by atoms with van der Waals surface area (Å²) in [6.07, 6.45) is 2.34. The van der Waals surface area contributed by atoms with Gasteiger partial charge in [0.15, 0.2) is 0 Å². The molecule has 18 heavy (non-hydrogen) atoms. The van der Waals surface area contributed by atoms with Crippen LogP contribution in [0.2, 0.25) is 18.1 Å². The predicted octanol–water partition coefficient (Wildman–Crippen LogP) is 4.81. The van der Waals surface area contributed by atoms with Crippen LogP contribution in [0.25, 0.3) is 6.08 Å². The van der Waals surface area contributed by atoms with Gasteiger partial charge in [-0.25, -0.2) is 0 Å². The van der Waals surface area contributed by atoms with Gasteiger partial charge in [-0.3, -0.25) is 0 Å². The lowest BCUT2D eigenvalue weighted by molar-refractivity contribution is 1.13. The van der Waals surface area contributed by atoms with Gasteiger partial charge in [0, 0.05) is 19.8 Å². The van der Waals surface area contributed by atoms with E-state index in [1.54, 1.807) is 0 Å². The Kier molecular flexibility index (Phi) is 5.67. The largest absolute Gasteiger partial charge is 0.378 e. The third-order valence-electron chi connectivity index (χ3n) is 4.15. The number of rotatable bonds is 6. The van der Waals surface area contributed by atoms with Crippen LogP contribution in [-0.2, 0) is 0 Å². The summed E-state index contributed by atoms with van der Waals surface area (Å²) < 4.78 is 0. The van der Waals surface area contributed by atoms with Crippen molar-refractivity contribution in [2.75, 3.05) is 19.0 Å². The van der Waals surface area contributed by atoms with Gasteiger partial charge < -0.3 is 4.90 Å². The number of hydrogen-bond donors (Lipinski definition) is 0. The monoisotopic (exact) mass is 261 g/mol. The Balaban J connectivity index is 2.83. The lowest BCUT2D eigenvalue weighted by atomic mass is 10.2. The Morgan fingerprint density at radius 1 is 0.944 bits per heavy atom. The molecule has 1 aromatic rings. The molecule has 100 valence electrons. The molecule has 0 unspecified atom stereocenters. The van der Waals surface area contributed by atoms with Gasteiger partial charge in [0.1, 0.15) is 0 Å². The van der Waals surface area contributed by atoms with Gasteiger partial charge in [-0.2, -0.15) is 0 Å². The van der Waals surface area contributed by atoms with Crippen molar-refractivity contribution in [1.29, 1.82) is 0 Å². The van der Waals surface area contributed by atoms with Crippen molar-refractivity contribution in [1.82, 2.24) is 0 Å². The first-order valence-corrected chi connectivity index (χ1v) is 9.73. The molecule has 2 heteroatoms. The van der Waals surface area contributed by atoms with Gasteiger partial charge in [0.25, 0.3) is 0 Å². The fourth-order valence-corrected chi connectivity index (χ4v) is 5.01. The summed E-state index contributed by atoms with van der Waals surface area (Å²) in [6, 6.07) is 12.9. The van der Waals surface area contributed by atoms with Crippen LogP contribution < -0.4 is 4.90 Å². The van der Waals surface area contributed by atoms with E-state index in [0.717, 1.165) is 0 Å². The molecule has 0 aromatic heterocycles. The number of hydrogen-bond acceptors (Lipinski definition) is 1. The average molecular weight is 261 g/mol. The maximum Gasteiger partial charge on any atom is 0.0770 e. The SMILES string of the molecule is CC[Si](/C=C\c1ccc(N(C)C)cc1)(CC)CC. The fourth-order valence-electron chi connectivity index (χ4n) is 2.26. The van der Waals surface area contributed by atoms with Crippen LogP contribution >= 0.6 is 0 Å². The molecule has 0 N–H and O–H groups in total. The Morgan fingerprint density at radius 2 is 1.44 bits per heavy atom. The van der Waals surface area contributed by atoms with Gasteiger partial charge in [-0.15, -0.1) is 0 Å². The summed E-state index contributed by atoms with van der Waals surface area (Å²) in [7, 11) is 3.03. The molecule has 0 bridgehead atoms. The molecule has 0 radical (unpaired) electrons. The van der Waals surface area contributed by atoms with Gasteiger partial charge in [0.05, 0.1) is 8.07 Å². The van der Waals surface area contributed by atoms with Crippen molar-refractivity contribution in [3.63, 3.8) is 0 Å². The maximum atomic E-state index is 2.54. The zero-order valence-corrected chi connectivity index (χ0v) is 13.5. The molecule has 1 aromatic carbocycles. The van der Waals surface area contributed by atoms with E-state index >= 15 is 0 Å². The second kappa shape index (κ2) is 6.79. The Labute approximate surface area is 114 Å². The van der Waals surface area contributed by atoms with Crippen molar-refractivity contribution in [3.8, 4) is 0 Å². The summed E-state index contributed by atoms with van der Waals surface area (Å²) in [4.78, 5) is 2.14. The molecule has 0 atom stereocenters. The molecular formula is C16H27NSi. The van der Waals surface area contributed by atoms with Crippen molar-refractivity contribution in [2.24, 2.45) is 0 Å². The van der Waals surface area contributed by atoms with Crippen molar-refractivity contribution in [2.45, 2.75) is 38.9 Å². The molecular weight excluding hydrogens is 234 g/mol. The molecule has 1 nitrogen and oxygen atoms in total. The van der Waals surface area contributed by atoms with Crippen LogP contribution in [-0.4, -0.2) is 22.2 Å². The first-order chi connectivity index (χ1) is 8.56. The van der Waals surface area contributed by atoms with Crippen LogP contribution in [0.5, 0.6) is 0 Å². The van der Waals surface area contributed by atoms with Crippen LogP contribution in [0.15, 0.2) is 30.0 Å². The minimum atomic E-state index is -1.13. The summed E-state index contributed by atoms with van der Waals surface area (Å²) in [5, 5.41) is 0.